The maximum atomic E-state index is 13.2. The van der Waals surface area contributed by atoms with Gasteiger partial charge in [-0.15, -0.1) is 0 Å². The summed E-state index contributed by atoms with van der Waals surface area (Å²) in [5, 5.41) is 12.9. The zero-order chi connectivity index (χ0) is 15.2. The summed E-state index contributed by atoms with van der Waals surface area (Å²) in [7, 11) is 0. The molecule has 0 aliphatic rings. The van der Waals surface area contributed by atoms with Gasteiger partial charge in [0.15, 0.2) is 0 Å². The van der Waals surface area contributed by atoms with Crippen molar-refractivity contribution in [3.63, 3.8) is 0 Å². The summed E-state index contributed by atoms with van der Waals surface area (Å²) in [4.78, 5) is 0. The second kappa shape index (κ2) is 7.60. The molecule has 2 atom stereocenters. The van der Waals surface area contributed by atoms with E-state index < -0.39 is 0 Å². The van der Waals surface area contributed by atoms with Crippen molar-refractivity contribution in [2.45, 2.75) is 52.2 Å². The first kappa shape index (κ1) is 16.9. The van der Waals surface area contributed by atoms with Gasteiger partial charge in [0.1, 0.15) is 11.6 Å². The van der Waals surface area contributed by atoms with Crippen molar-refractivity contribution in [3.8, 4) is 5.75 Å². The van der Waals surface area contributed by atoms with Gasteiger partial charge in [-0.1, -0.05) is 13.0 Å². The Hall–Kier alpha value is -1.13. The van der Waals surface area contributed by atoms with Crippen molar-refractivity contribution in [2.24, 2.45) is 0 Å². The van der Waals surface area contributed by atoms with E-state index in [0.29, 0.717) is 12.2 Å². The third-order valence-corrected chi connectivity index (χ3v) is 3.37. The highest BCUT2D eigenvalue weighted by Gasteiger charge is 2.26. The molecule has 0 aliphatic carbocycles. The fraction of sp³-hybridized carbons (Fsp3) is 0.625. The molecule has 0 heterocycles. The fourth-order valence-corrected chi connectivity index (χ4v) is 2.21. The van der Waals surface area contributed by atoms with E-state index in [1.54, 1.807) is 6.07 Å². The van der Waals surface area contributed by atoms with Crippen LogP contribution in [0.3, 0.4) is 0 Å². The van der Waals surface area contributed by atoms with E-state index in [0.717, 1.165) is 18.5 Å². The van der Waals surface area contributed by atoms with Crippen LogP contribution >= 0.6 is 0 Å². The molecule has 1 aromatic rings. The van der Waals surface area contributed by atoms with Crippen molar-refractivity contribution < 1.29 is 14.2 Å². The first-order chi connectivity index (χ1) is 9.40. The predicted molar refractivity (Wildman–Crippen MR) is 79.6 cm³/mol. The molecule has 0 spiro atoms. The number of halogens is 1. The number of hydrogen-bond donors (Lipinski definition) is 2. The quantitative estimate of drug-likeness (QED) is 0.770. The van der Waals surface area contributed by atoms with Crippen LogP contribution in [0, 0.1) is 12.7 Å². The number of aliphatic hydroxyl groups excluding tert-OH is 1. The van der Waals surface area contributed by atoms with Crippen LogP contribution in [0.25, 0.3) is 0 Å². The number of ether oxygens (including phenoxy) is 1. The Labute approximate surface area is 121 Å². The Morgan fingerprint density at radius 2 is 2.15 bits per heavy atom. The zero-order valence-electron chi connectivity index (χ0n) is 12.9. The second-order valence-corrected chi connectivity index (χ2v) is 5.69. The molecular weight excluding hydrogens is 257 g/mol. The molecule has 0 aromatic heterocycles. The van der Waals surface area contributed by atoms with E-state index >= 15 is 0 Å². The number of benzene rings is 1. The van der Waals surface area contributed by atoms with Crippen LogP contribution in [0.1, 0.15) is 39.2 Å². The number of hydrogen-bond acceptors (Lipinski definition) is 3. The van der Waals surface area contributed by atoms with Crippen LogP contribution < -0.4 is 10.1 Å². The van der Waals surface area contributed by atoms with Crippen molar-refractivity contribution >= 4 is 0 Å². The van der Waals surface area contributed by atoms with Gasteiger partial charge in [-0.3, -0.25) is 0 Å². The summed E-state index contributed by atoms with van der Waals surface area (Å²) in [6, 6.07) is 4.53. The SMILES string of the molecule is CCCNC(C)(CO)CC(C)Oc1cc(F)ccc1C. The molecule has 0 saturated heterocycles. The van der Waals surface area contributed by atoms with Crippen molar-refractivity contribution in [3.05, 3.63) is 29.6 Å². The van der Waals surface area contributed by atoms with Gasteiger partial charge in [0.2, 0.25) is 0 Å². The van der Waals surface area contributed by atoms with Gasteiger partial charge in [-0.2, -0.15) is 0 Å². The molecule has 4 heteroatoms. The molecule has 0 bridgehead atoms. The maximum Gasteiger partial charge on any atom is 0.126 e. The fourth-order valence-electron chi connectivity index (χ4n) is 2.21. The van der Waals surface area contributed by atoms with Crippen molar-refractivity contribution in [2.75, 3.05) is 13.2 Å². The third kappa shape index (κ3) is 5.10. The van der Waals surface area contributed by atoms with Crippen molar-refractivity contribution in [1.29, 1.82) is 0 Å². The summed E-state index contributed by atoms with van der Waals surface area (Å²) < 4.78 is 19.0. The smallest absolute Gasteiger partial charge is 0.126 e. The van der Waals surface area contributed by atoms with Gasteiger partial charge in [-0.25, -0.2) is 4.39 Å². The summed E-state index contributed by atoms with van der Waals surface area (Å²) in [6.07, 6.45) is 1.55. The number of aryl methyl sites for hydroxylation is 1. The number of rotatable bonds is 8. The minimum atomic E-state index is -0.378. The van der Waals surface area contributed by atoms with Gasteiger partial charge in [0.25, 0.3) is 0 Å². The van der Waals surface area contributed by atoms with E-state index in [1.165, 1.54) is 12.1 Å². The molecule has 2 unspecified atom stereocenters. The molecule has 2 N–H and O–H groups in total. The Kier molecular flexibility index (Phi) is 6.43. The molecule has 1 rings (SSSR count). The Morgan fingerprint density at radius 3 is 2.75 bits per heavy atom. The predicted octanol–water partition coefficient (Wildman–Crippen LogP) is 3.04. The number of aliphatic hydroxyl groups is 1. The lowest BCUT2D eigenvalue weighted by Gasteiger charge is -2.32. The third-order valence-electron chi connectivity index (χ3n) is 3.37. The lowest BCUT2D eigenvalue weighted by Crippen LogP contribution is -2.48. The highest BCUT2D eigenvalue weighted by Crippen LogP contribution is 2.23. The molecule has 3 nitrogen and oxygen atoms in total. The van der Waals surface area contributed by atoms with E-state index in [-0.39, 0.29) is 24.1 Å². The first-order valence-electron chi connectivity index (χ1n) is 7.19. The summed E-state index contributed by atoms with van der Waals surface area (Å²) >= 11 is 0. The van der Waals surface area contributed by atoms with Gasteiger partial charge in [0.05, 0.1) is 12.7 Å². The largest absolute Gasteiger partial charge is 0.490 e. The standard InChI is InChI=1S/C16H26FNO2/c1-5-8-18-16(4,11-19)10-13(3)20-15-9-14(17)7-6-12(15)2/h6-7,9,13,18-19H,5,8,10-11H2,1-4H3. The van der Waals surface area contributed by atoms with Crippen molar-refractivity contribution in [1.82, 2.24) is 5.32 Å². The summed E-state index contributed by atoms with van der Waals surface area (Å²) in [5.74, 6) is 0.264. The van der Waals surface area contributed by atoms with E-state index in [1.807, 2.05) is 20.8 Å². The van der Waals surface area contributed by atoms with Gasteiger partial charge in [0, 0.05) is 18.0 Å². The van der Waals surface area contributed by atoms with Gasteiger partial charge < -0.3 is 15.2 Å². The average Bonchev–Trinajstić information content (AvgIpc) is 2.40. The topological polar surface area (TPSA) is 41.5 Å². The van der Waals surface area contributed by atoms with Gasteiger partial charge >= 0.3 is 0 Å². The van der Waals surface area contributed by atoms with E-state index in [9.17, 15) is 9.50 Å². The molecular formula is C16H26FNO2. The van der Waals surface area contributed by atoms with Crippen LogP contribution in [-0.4, -0.2) is 29.9 Å². The first-order valence-corrected chi connectivity index (χ1v) is 7.19. The maximum absolute atomic E-state index is 13.2. The highest BCUT2D eigenvalue weighted by molar-refractivity contribution is 5.32. The Balaban J connectivity index is 2.65. The zero-order valence-corrected chi connectivity index (χ0v) is 12.9. The van der Waals surface area contributed by atoms with Crippen LogP contribution in [0.5, 0.6) is 5.75 Å². The van der Waals surface area contributed by atoms with Gasteiger partial charge in [-0.05, 0) is 45.4 Å². The molecule has 114 valence electrons. The molecule has 1 aromatic carbocycles. The van der Waals surface area contributed by atoms with E-state index in [2.05, 4.69) is 12.2 Å². The monoisotopic (exact) mass is 283 g/mol. The van der Waals surface area contributed by atoms with Crippen LogP contribution in [0.4, 0.5) is 4.39 Å². The summed E-state index contributed by atoms with van der Waals surface area (Å²) in [6.45, 7) is 8.78. The molecule has 0 saturated carbocycles. The van der Waals surface area contributed by atoms with Crippen LogP contribution in [-0.2, 0) is 0 Å². The minimum Gasteiger partial charge on any atom is -0.490 e. The second-order valence-electron chi connectivity index (χ2n) is 5.69. The lowest BCUT2D eigenvalue weighted by molar-refractivity contribution is 0.109. The average molecular weight is 283 g/mol. The lowest BCUT2D eigenvalue weighted by atomic mass is 9.95. The molecule has 20 heavy (non-hydrogen) atoms. The normalized spacial score (nSPS) is 15.7. The van der Waals surface area contributed by atoms with Crippen LogP contribution in [0.15, 0.2) is 18.2 Å². The minimum absolute atomic E-state index is 0.0445. The molecule has 0 amide bonds. The molecule has 0 aliphatic heterocycles. The van der Waals surface area contributed by atoms with E-state index in [4.69, 9.17) is 4.74 Å². The molecule has 0 fully saturated rings. The highest BCUT2D eigenvalue weighted by atomic mass is 19.1. The Morgan fingerprint density at radius 1 is 1.45 bits per heavy atom. The number of nitrogens with one attached hydrogen (secondary N) is 1. The van der Waals surface area contributed by atoms with Crippen LogP contribution in [0.2, 0.25) is 0 Å². The molecule has 0 radical (unpaired) electrons. The summed E-state index contributed by atoms with van der Waals surface area (Å²) in [5.41, 5.74) is 0.530. The Bertz CT molecular complexity index is 425.